The van der Waals surface area contributed by atoms with Crippen molar-refractivity contribution in [2.24, 2.45) is 5.92 Å². The molecule has 1 fully saturated rings. The minimum atomic E-state index is 0.282. The average molecular weight is 231 g/mol. The molecule has 3 rings (SSSR count). The number of nitrogens with one attached hydrogen (secondary N) is 1. The van der Waals surface area contributed by atoms with Gasteiger partial charge < -0.3 is 15.0 Å². The lowest BCUT2D eigenvalue weighted by Crippen LogP contribution is -2.29. The summed E-state index contributed by atoms with van der Waals surface area (Å²) in [5.74, 6) is 1.02. The van der Waals surface area contributed by atoms with E-state index >= 15 is 0 Å². The molecule has 0 saturated carbocycles. The van der Waals surface area contributed by atoms with E-state index in [-0.39, 0.29) is 5.75 Å². The molecule has 1 aromatic carbocycles. The Morgan fingerprint density at radius 1 is 1.35 bits per heavy atom. The quantitative estimate of drug-likeness (QED) is 0.827. The SMILES string of the molecule is Oc1ccc2c(c1)ncn2CC1CCNCC1. The molecule has 90 valence electrons. The number of piperidine rings is 1. The van der Waals surface area contributed by atoms with Gasteiger partial charge in [-0.15, -0.1) is 0 Å². The summed E-state index contributed by atoms with van der Waals surface area (Å²) >= 11 is 0. The second kappa shape index (κ2) is 4.37. The van der Waals surface area contributed by atoms with Crippen molar-refractivity contribution in [3.63, 3.8) is 0 Å². The van der Waals surface area contributed by atoms with E-state index in [0.717, 1.165) is 36.6 Å². The molecule has 0 aliphatic carbocycles. The summed E-state index contributed by atoms with van der Waals surface area (Å²) in [4.78, 5) is 4.33. The van der Waals surface area contributed by atoms with Crippen molar-refractivity contribution in [1.29, 1.82) is 0 Å². The van der Waals surface area contributed by atoms with Gasteiger partial charge in [0.05, 0.1) is 17.4 Å². The van der Waals surface area contributed by atoms with E-state index in [0.29, 0.717) is 0 Å². The monoisotopic (exact) mass is 231 g/mol. The van der Waals surface area contributed by atoms with Gasteiger partial charge in [0, 0.05) is 12.6 Å². The van der Waals surface area contributed by atoms with Crippen LogP contribution in [0, 0.1) is 5.92 Å². The molecule has 0 atom stereocenters. The van der Waals surface area contributed by atoms with Gasteiger partial charge in [-0.2, -0.15) is 0 Å². The first-order chi connectivity index (χ1) is 8.33. The molecule has 2 heterocycles. The summed E-state index contributed by atoms with van der Waals surface area (Å²) in [6.07, 6.45) is 4.35. The Kier molecular flexibility index (Phi) is 2.73. The van der Waals surface area contributed by atoms with E-state index in [4.69, 9.17) is 0 Å². The molecule has 1 aliphatic rings. The van der Waals surface area contributed by atoms with Crippen LogP contribution < -0.4 is 5.32 Å². The maximum atomic E-state index is 9.40. The first kappa shape index (κ1) is 10.6. The molecule has 0 unspecified atom stereocenters. The standard InChI is InChI=1S/C13H17N3O/c17-11-1-2-13-12(7-11)15-9-16(13)8-10-3-5-14-6-4-10/h1-2,7,9-10,14,17H,3-6,8H2. The van der Waals surface area contributed by atoms with Gasteiger partial charge in [-0.3, -0.25) is 0 Å². The molecular formula is C13H17N3O. The topological polar surface area (TPSA) is 50.1 Å². The molecule has 4 nitrogen and oxygen atoms in total. The number of phenols is 1. The van der Waals surface area contributed by atoms with E-state index in [2.05, 4.69) is 14.9 Å². The van der Waals surface area contributed by atoms with Gasteiger partial charge in [0.25, 0.3) is 0 Å². The van der Waals surface area contributed by atoms with Gasteiger partial charge in [0.1, 0.15) is 5.75 Å². The maximum Gasteiger partial charge on any atom is 0.117 e. The highest BCUT2D eigenvalue weighted by Gasteiger charge is 2.14. The minimum Gasteiger partial charge on any atom is -0.508 e. The van der Waals surface area contributed by atoms with Crippen LogP contribution in [0.15, 0.2) is 24.5 Å². The molecular weight excluding hydrogens is 214 g/mol. The summed E-state index contributed by atoms with van der Waals surface area (Å²) in [5, 5.41) is 12.8. The highest BCUT2D eigenvalue weighted by Crippen LogP contribution is 2.21. The molecule has 0 amide bonds. The van der Waals surface area contributed by atoms with Crippen LogP contribution >= 0.6 is 0 Å². The Labute approximate surface area is 100 Å². The van der Waals surface area contributed by atoms with Crippen molar-refractivity contribution in [1.82, 2.24) is 14.9 Å². The first-order valence-electron chi connectivity index (χ1n) is 6.17. The Morgan fingerprint density at radius 2 is 2.18 bits per heavy atom. The van der Waals surface area contributed by atoms with E-state index in [1.807, 2.05) is 12.4 Å². The van der Waals surface area contributed by atoms with Crippen LogP contribution in [0.1, 0.15) is 12.8 Å². The molecule has 1 saturated heterocycles. The normalized spacial score (nSPS) is 17.6. The Bertz CT molecular complexity index is 514. The fourth-order valence-electron chi connectivity index (χ4n) is 2.54. The zero-order valence-electron chi connectivity index (χ0n) is 9.76. The van der Waals surface area contributed by atoms with E-state index in [9.17, 15) is 5.11 Å². The number of benzene rings is 1. The second-order valence-electron chi connectivity index (χ2n) is 4.76. The third kappa shape index (κ3) is 2.13. The Hall–Kier alpha value is -1.55. The van der Waals surface area contributed by atoms with Crippen molar-refractivity contribution in [2.75, 3.05) is 13.1 Å². The molecule has 17 heavy (non-hydrogen) atoms. The number of hydrogen-bond donors (Lipinski definition) is 2. The summed E-state index contributed by atoms with van der Waals surface area (Å²) in [6.45, 7) is 3.28. The third-order valence-corrected chi connectivity index (χ3v) is 3.52. The van der Waals surface area contributed by atoms with Gasteiger partial charge in [-0.1, -0.05) is 0 Å². The predicted octanol–water partition coefficient (Wildman–Crippen LogP) is 1.74. The summed E-state index contributed by atoms with van der Waals surface area (Å²) < 4.78 is 2.20. The van der Waals surface area contributed by atoms with Gasteiger partial charge >= 0.3 is 0 Å². The van der Waals surface area contributed by atoms with E-state index < -0.39 is 0 Å². The van der Waals surface area contributed by atoms with Crippen molar-refractivity contribution >= 4 is 11.0 Å². The largest absolute Gasteiger partial charge is 0.508 e. The summed E-state index contributed by atoms with van der Waals surface area (Å²) in [6, 6.07) is 5.38. The zero-order valence-corrected chi connectivity index (χ0v) is 9.76. The van der Waals surface area contributed by atoms with Gasteiger partial charge in [0.15, 0.2) is 0 Å². The number of hydrogen-bond acceptors (Lipinski definition) is 3. The number of nitrogens with zero attached hydrogens (tertiary/aromatic N) is 2. The average Bonchev–Trinajstić information content (AvgIpc) is 2.73. The highest BCUT2D eigenvalue weighted by atomic mass is 16.3. The van der Waals surface area contributed by atoms with Crippen LogP contribution in [0.4, 0.5) is 0 Å². The number of aromatic hydroxyl groups is 1. The lowest BCUT2D eigenvalue weighted by molar-refractivity contribution is 0.336. The maximum absolute atomic E-state index is 9.40. The number of fused-ring (bicyclic) bond motifs is 1. The third-order valence-electron chi connectivity index (χ3n) is 3.52. The van der Waals surface area contributed by atoms with Crippen molar-refractivity contribution in [2.45, 2.75) is 19.4 Å². The van der Waals surface area contributed by atoms with Gasteiger partial charge in [-0.25, -0.2) is 4.98 Å². The molecule has 4 heteroatoms. The molecule has 0 spiro atoms. The van der Waals surface area contributed by atoms with Crippen LogP contribution in [0.5, 0.6) is 5.75 Å². The molecule has 1 aliphatic heterocycles. The lowest BCUT2D eigenvalue weighted by Gasteiger charge is -2.23. The van der Waals surface area contributed by atoms with Crippen molar-refractivity contribution in [3.8, 4) is 5.75 Å². The zero-order chi connectivity index (χ0) is 11.7. The Morgan fingerprint density at radius 3 is 3.00 bits per heavy atom. The van der Waals surface area contributed by atoms with Gasteiger partial charge in [-0.05, 0) is 44.0 Å². The molecule has 2 N–H and O–H groups in total. The Balaban J connectivity index is 1.84. The van der Waals surface area contributed by atoms with E-state index in [1.54, 1.807) is 12.1 Å². The number of rotatable bonds is 2. The number of phenolic OH excluding ortho intramolecular Hbond substituents is 1. The van der Waals surface area contributed by atoms with E-state index in [1.165, 1.54) is 12.8 Å². The smallest absolute Gasteiger partial charge is 0.117 e. The van der Waals surface area contributed by atoms with Crippen LogP contribution in [0.25, 0.3) is 11.0 Å². The van der Waals surface area contributed by atoms with Crippen molar-refractivity contribution in [3.05, 3.63) is 24.5 Å². The molecule has 0 bridgehead atoms. The number of imidazole rings is 1. The fraction of sp³-hybridized carbons (Fsp3) is 0.462. The molecule has 0 radical (unpaired) electrons. The predicted molar refractivity (Wildman–Crippen MR) is 67.0 cm³/mol. The van der Waals surface area contributed by atoms with Crippen LogP contribution in [-0.2, 0) is 6.54 Å². The lowest BCUT2D eigenvalue weighted by atomic mass is 9.98. The van der Waals surface area contributed by atoms with Crippen LogP contribution in [0.2, 0.25) is 0 Å². The van der Waals surface area contributed by atoms with Crippen LogP contribution in [0.3, 0.4) is 0 Å². The van der Waals surface area contributed by atoms with Crippen molar-refractivity contribution < 1.29 is 5.11 Å². The highest BCUT2D eigenvalue weighted by molar-refractivity contribution is 5.76. The molecule has 2 aromatic rings. The second-order valence-corrected chi connectivity index (χ2v) is 4.76. The summed E-state index contributed by atoms with van der Waals surface area (Å²) in [7, 11) is 0. The minimum absolute atomic E-state index is 0.282. The van der Waals surface area contributed by atoms with Crippen LogP contribution in [-0.4, -0.2) is 27.7 Å². The number of aromatic nitrogens is 2. The molecule has 1 aromatic heterocycles. The fourth-order valence-corrected chi connectivity index (χ4v) is 2.54. The van der Waals surface area contributed by atoms with Gasteiger partial charge in [0.2, 0.25) is 0 Å². The first-order valence-corrected chi connectivity index (χ1v) is 6.17. The summed E-state index contributed by atoms with van der Waals surface area (Å²) in [5.41, 5.74) is 1.99.